The number of thioether (sulfide) groups is 1. The molecule has 0 aliphatic rings. The average Bonchev–Trinajstić information content (AvgIpc) is 2.68. The number of non-ortho nitro benzene ring substituents is 1. The number of benzene rings is 2. The number of amides is 1. The van der Waals surface area contributed by atoms with Crippen LogP contribution in [0.25, 0.3) is 0 Å². The van der Waals surface area contributed by atoms with E-state index in [0.29, 0.717) is 0 Å². The Balaban J connectivity index is 1.97. The highest BCUT2D eigenvalue weighted by Gasteiger charge is 2.24. The number of anilines is 1. The van der Waals surface area contributed by atoms with Gasteiger partial charge in [0.1, 0.15) is 11.0 Å². The molecule has 0 unspecified atom stereocenters. The number of hydrogen-bond acceptors (Lipinski definition) is 7. The maximum absolute atomic E-state index is 12.3. The van der Waals surface area contributed by atoms with Crippen molar-refractivity contribution >= 4 is 35.0 Å². The first-order valence-corrected chi connectivity index (χ1v) is 9.25. The van der Waals surface area contributed by atoms with Gasteiger partial charge >= 0.3 is 5.97 Å². The maximum atomic E-state index is 12.3. The van der Waals surface area contributed by atoms with Gasteiger partial charge in [-0.05, 0) is 32.0 Å². The van der Waals surface area contributed by atoms with Crippen LogP contribution in [0, 0.1) is 10.1 Å². The van der Waals surface area contributed by atoms with Crippen molar-refractivity contribution in [2.45, 2.75) is 30.1 Å². The van der Waals surface area contributed by atoms with Crippen LogP contribution in [0.5, 0.6) is 5.75 Å². The van der Waals surface area contributed by atoms with Gasteiger partial charge in [-0.2, -0.15) is 0 Å². The van der Waals surface area contributed by atoms with Crippen molar-refractivity contribution in [1.82, 2.24) is 0 Å². The predicted molar refractivity (Wildman–Crippen MR) is 106 cm³/mol. The molecule has 2 aromatic carbocycles. The molecule has 0 aromatic heterocycles. The number of esters is 1. The van der Waals surface area contributed by atoms with Crippen molar-refractivity contribution in [3.05, 3.63) is 58.6 Å². The fraction of sp³-hybridized carbons (Fsp3) is 0.263. The molecule has 0 fully saturated rings. The van der Waals surface area contributed by atoms with Gasteiger partial charge in [0.15, 0.2) is 6.10 Å². The zero-order valence-corrected chi connectivity index (χ0v) is 16.4. The second-order valence-corrected chi connectivity index (χ2v) is 7.20. The quantitative estimate of drug-likeness (QED) is 0.310. The van der Waals surface area contributed by atoms with Gasteiger partial charge in [-0.25, -0.2) is 0 Å². The number of nitro benzene ring substituents is 1. The third kappa shape index (κ3) is 5.71. The first-order valence-electron chi connectivity index (χ1n) is 8.37. The molecule has 0 radical (unpaired) electrons. The Morgan fingerprint density at radius 1 is 1.14 bits per heavy atom. The summed E-state index contributed by atoms with van der Waals surface area (Å²) in [5.41, 5.74) is 0.0776. The predicted octanol–water partition coefficient (Wildman–Crippen LogP) is 3.65. The normalized spacial score (nSPS) is 12.5. The molecule has 0 saturated heterocycles. The van der Waals surface area contributed by atoms with E-state index in [2.05, 4.69) is 5.32 Å². The lowest BCUT2D eigenvalue weighted by Gasteiger charge is -2.17. The van der Waals surface area contributed by atoms with Crippen molar-refractivity contribution in [2.24, 2.45) is 0 Å². The van der Waals surface area contributed by atoms with E-state index in [1.807, 2.05) is 30.3 Å². The fourth-order valence-corrected chi connectivity index (χ4v) is 3.08. The first kappa shape index (κ1) is 21.2. The summed E-state index contributed by atoms with van der Waals surface area (Å²) in [5, 5.41) is 12.9. The Hall–Kier alpha value is -3.07. The lowest BCUT2D eigenvalue weighted by molar-refractivity contribution is -0.384. The van der Waals surface area contributed by atoms with E-state index < -0.39 is 28.2 Å². The number of nitro groups is 1. The third-order valence-electron chi connectivity index (χ3n) is 3.70. The van der Waals surface area contributed by atoms with E-state index in [9.17, 15) is 19.7 Å². The molecule has 2 rings (SSSR count). The number of rotatable bonds is 8. The zero-order chi connectivity index (χ0) is 20.7. The van der Waals surface area contributed by atoms with Gasteiger partial charge in [0.25, 0.3) is 11.6 Å². The van der Waals surface area contributed by atoms with Crippen LogP contribution in [0.4, 0.5) is 11.4 Å². The van der Waals surface area contributed by atoms with Gasteiger partial charge in [-0.15, -0.1) is 11.8 Å². The molecule has 0 saturated carbocycles. The standard InChI is InChI=1S/C19H20N2O6S/c1-12(27-19(23)13(2)28-15-7-5-4-6-8-15)18(22)20-16-10-9-14(21(24)25)11-17(16)26-3/h4-13H,1-3H3,(H,20,22)/t12-,13+/m0/s1. The molecule has 0 aliphatic carbocycles. The average molecular weight is 404 g/mol. The fourth-order valence-electron chi connectivity index (χ4n) is 2.21. The number of nitrogens with zero attached hydrogens (tertiary/aromatic N) is 1. The SMILES string of the molecule is COc1cc([N+](=O)[O-])ccc1NC(=O)[C@H](C)OC(=O)[C@@H](C)Sc1ccccc1. The lowest BCUT2D eigenvalue weighted by Crippen LogP contribution is -2.32. The molecule has 8 nitrogen and oxygen atoms in total. The van der Waals surface area contributed by atoms with Crippen LogP contribution in [-0.2, 0) is 14.3 Å². The van der Waals surface area contributed by atoms with E-state index in [0.717, 1.165) is 4.90 Å². The number of carbonyl (C=O) groups excluding carboxylic acids is 2. The number of carbonyl (C=O) groups is 2. The number of hydrogen-bond donors (Lipinski definition) is 1. The summed E-state index contributed by atoms with van der Waals surface area (Å²) in [6.07, 6.45) is -1.05. The summed E-state index contributed by atoms with van der Waals surface area (Å²) in [6, 6.07) is 13.2. The Labute approximate surface area is 166 Å². The van der Waals surface area contributed by atoms with Gasteiger partial charge in [0.05, 0.1) is 23.8 Å². The molecule has 0 bridgehead atoms. The minimum Gasteiger partial charge on any atom is -0.494 e. The van der Waals surface area contributed by atoms with Crippen LogP contribution >= 0.6 is 11.8 Å². The Bertz CT molecular complexity index is 859. The van der Waals surface area contributed by atoms with Crippen LogP contribution in [-0.4, -0.2) is 35.3 Å². The lowest BCUT2D eigenvalue weighted by atomic mass is 10.2. The van der Waals surface area contributed by atoms with Gasteiger partial charge < -0.3 is 14.8 Å². The topological polar surface area (TPSA) is 108 Å². The van der Waals surface area contributed by atoms with Crippen molar-refractivity contribution in [3.8, 4) is 5.75 Å². The van der Waals surface area contributed by atoms with Crippen LogP contribution in [0.3, 0.4) is 0 Å². The highest BCUT2D eigenvalue weighted by Crippen LogP contribution is 2.29. The molecule has 148 valence electrons. The summed E-state index contributed by atoms with van der Waals surface area (Å²) in [5.74, 6) is -0.960. The molecule has 2 aromatic rings. The molecule has 0 aliphatic heterocycles. The largest absolute Gasteiger partial charge is 0.494 e. The Morgan fingerprint density at radius 3 is 2.43 bits per heavy atom. The van der Waals surface area contributed by atoms with Gasteiger partial charge in [0.2, 0.25) is 0 Å². The van der Waals surface area contributed by atoms with Crippen molar-refractivity contribution in [1.29, 1.82) is 0 Å². The minimum atomic E-state index is -1.05. The Kier molecular flexibility index (Phi) is 7.39. The van der Waals surface area contributed by atoms with Crippen molar-refractivity contribution in [3.63, 3.8) is 0 Å². The zero-order valence-electron chi connectivity index (χ0n) is 15.6. The third-order valence-corrected chi connectivity index (χ3v) is 4.79. The number of ether oxygens (including phenoxy) is 2. The van der Waals surface area contributed by atoms with Gasteiger partial charge in [-0.3, -0.25) is 19.7 Å². The second-order valence-electron chi connectivity index (χ2n) is 5.78. The van der Waals surface area contributed by atoms with E-state index in [1.165, 1.54) is 44.0 Å². The molecular formula is C19H20N2O6S. The molecular weight excluding hydrogens is 384 g/mol. The van der Waals surface area contributed by atoms with Crippen LogP contribution < -0.4 is 10.1 Å². The monoisotopic (exact) mass is 404 g/mol. The molecule has 0 spiro atoms. The van der Waals surface area contributed by atoms with E-state index in [1.54, 1.807) is 6.92 Å². The summed E-state index contributed by atoms with van der Waals surface area (Å²) in [6.45, 7) is 3.15. The van der Waals surface area contributed by atoms with Gasteiger partial charge in [0, 0.05) is 11.0 Å². The molecule has 28 heavy (non-hydrogen) atoms. The first-order chi connectivity index (χ1) is 13.3. The minimum absolute atomic E-state index is 0.133. The highest BCUT2D eigenvalue weighted by atomic mass is 32.2. The molecule has 1 N–H and O–H groups in total. The summed E-state index contributed by atoms with van der Waals surface area (Å²) >= 11 is 1.33. The van der Waals surface area contributed by atoms with Crippen molar-refractivity contribution in [2.75, 3.05) is 12.4 Å². The van der Waals surface area contributed by atoms with E-state index >= 15 is 0 Å². The maximum Gasteiger partial charge on any atom is 0.319 e. The van der Waals surface area contributed by atoms with Crippen molar-refractivity contribution < 1.29 is 24.0 Å². The summed E-state index contributed by atoms with van der Waals surface area (Å²) in [4.78, 5) is 35.7. The van der Waals surface area contributed by atoms with Crippen LogP contribution in [0.1, 0.15) is 13.8 Å². The molecule has 1 amide bonds. The van der Waals surface area contributed by atoms with E-state index in [-0.39, 0.29) is 17.1 Å². The smallest absolute Gasteiger partial charge is 0.319 e. The number of nitrogens with one attached hydrogen (secondary N) is 1. The van der Waals surface area contributed by atoms with Gasteiger partial charge in [-0.1, -0.05) is 18.2 Å². The van der Waals surface area contributed by atoms with Crippen LogP contribution in [0.2, 0.25) is 0 Å². The van der Waals surface area contributed by atoms with Crippen LogP contribution in [0.15, 0.2) is 53.4 Å². The molecule has 0 heterocycles. The Morgan fingerprint density at radius 2 is 1.82 bits per heavy atom. The summed E-state index contributed by atoms with van der Waals surface area (Å²) < 4.78 is 10.3. The summed E-state index contributed by atoms with van der Waals surface area (Å²) in [7, 11) is 1.33. The second kappa shape index (κ2) is 9.75. The molecule has 2 atom stereocenters. The number of methoxy groups -OCH3 is 1. The molecule has 9 heteroatoms. The van der Waals surface area contributed by atoms with E-state index in [4.69, 9.17) is 9.47 Å². The highest BCUT2D eigenvalue weighted by molar-refractivity contribution is 8.00.